The minimum absolute atomic E-state index is 0.192. The summed E-state index contributed by atoms with van der Waals surface area (Å²) in [7, 11) is 0. The van der Waals surface area contributed by atoms with Crippen LogP contribution in [-0.2, 0) is 9.59 Å². The molecule has 0 bridgehead atoms. The molecule has 1 atom stereocenters. The second kappa shape index (κ2) is 6.39. The first-order valence-corrected chi connectivity index (χ1v) is 6.87. The Morgan fingerprint density at radius 2 is 1.86 bits per heavy atom. The van der Waals surface area contributed by atoms with Crippen molar-refractivity contribution in [1.29, 1.82) is 0 Å². The second-order valence-electron chi connectivity index (χ2n) is 5.30. The zero-order chi connectivity index (χ0) is 15.4. The number of carboxylic acid groups (broad SMARTS) is 1. The highest BCUT2D eigenvalue weighted by atomic mass is 16.4. The van der Waals surface area contributed by atoms with E-state index in [0.29, 0.717) is 23.6 Å². The SMILES string of the molecule is CC(=O)Nc1ccc(C(=O)N[C@@H](CC2CC2)C(=O)O)cc1. The Hall–Kier alpha value is -2.37. The molecule has 1 aliphatic carbocycles. The van der Waals surface area contributed by atoms with Crippen LogP contribution in [0.1, 0.15) is 36.5 Å². The fourth-order valence-electron chi connectivity index (χ4n) is 2.06. The maximum atomic E-state index is 12.0. The third kappa shape index (κ3) is 4.59. The Balaban J connectivity index is 1.97. The van der Waals surface area contributed by atoms with Crippen molar-refractivity contribution in [3.63, 3.8) is 0 Å². The lowest BCUT2D eigenvalue weighted by Gasteiger charge is -2.14. The number of carboxylic acids is 1. The van der Waals surface area contributed by atoms with Crippen LogP contribution in [-0.4, -0.2) is 28.9 Å². The fourth-order valence-corrected chi connectivity index (χ4v) is 2.06. The van der Waals surface area contributed by atoms with E-state index in [1.807, 2.05) is 0 Å². The summed E-state index contributed by atoms with van der Waals surface area (Å²) in [6.07, 6.45) is 2.54. The first-order valence-electron chi connectivity index (χ1n) is 6.87. The van der Waals surface area contributed by atoms with Crippen LogP contribution in [0.15, 0.2) is 24.3 Å². The monoisotopic (exact) mass is 290 g/mol. The first kappa shape index (κ1) is 15.0. The minimum Gasteiger partial charge on any atom is -0.480 e. The third-order valence-corrected chi connectivity index (χ3v) is 3.34. The highest BCUT2D eigenvalue weighted by Crippen LogP contribution is 2.33. The van der Waals surface area contributed by atoms with Gasteiger partial charge in [-0.25, -0.2) is 4.79 Å². The number of carbonyl (C=O) groups is 3. The van der Waals surface area contributed by atoms with Crippen molar-refractivity contribution in [2.75, 3.05) is 5.32 Å². The number of anilines is 1. The van der Waals surface area contributed by atoms with Crippen molar-refractivity contribution >= 4 is 23.5 Å². The van der Waals surface area contributed by atoms with Crippen LogP contribution in [0.5, 0.6) is 0 Å². The van der Waals surface area contributed by atoms with E-state index in [4.69, 9.17) is 5.11 Å². The maximum Gasteiger partial charge on any atom is 0.326 e. The molecule has 0 spiro atoms. The van der Waals surface area contributed by atoms with Gasteiger partial charge in [0, 0.05) is 18.2 Å². The summed E-state index contributed by atoms with van der Waals surface area (Å²) < 4.78 is 0. The average Bonchev–Trinajstić information content (AvgIpc) is 3.22. The number of aliphatic carboxylic acids is 1. The van der Waals surface area contributed by atoms with Crippen molar-refractivity contribution in [1.82, 2.24) is 5.32 Å². The Kier molecular flexibility index (Phi) is 4.57. The zero-order valence-corrected chi connectivity index (χ0v) is 11.8. The molecule has 6 heteroatoms. The molecule has 2 amide bonds. The number of rotatable bonds is 6. The summed E-state index contributed by atoms with van der Waals surface area (Å²) in [4.78, 5) is 34.1. The van der Waals surface area contributed by atoms with Crippen molar-refractivity contribution < 1.29 is 19.5 Å². The Morgan fingerprint density at radius 3 is 2.33 bits per heavy atom. The summed E-state index contributed by atoms with van der Waals surface area (Å²) in [5.41, 5.74) is 0.956. The molecule has 0 heterocycles. The molecule has 112 valence electrons. The van der Waals surface area contributed by atoms with Crippen LogP contribution in [0, 0.1) is 5.92 Å². The molecule has 1 fully saturated rings. The van der Waals surface area contributed by atoms with Gasteiger partial charge in [0.1, 0.15) is 6.04 Å². The number of benzene rings is 1. The summed E-state index contributed by atoms with van der Waals surface area (Å²) in [5.74, 6) is -1.21. The summed E-state index contributed by atoms with van der Waals surface area (Å²) in [6.45, 7) is 1.40. The predicted octanol–water partition coefficient (Wildman–Crippen LogP) is 1.63. The van der Waals surface area contributed by atoms with E-state index in [9.17, 15) is 14.4 Å². The van der Waals surface area contributed by atoms with Gasteiger partial charge in [0.15, 0.2) is 0 Å². The topological polar surface area (TPSA) is 95.5 Å². The molecule has 0 unspecified atom stereocenters. The Bertz CT molecular complexity index is 549. The number of nitrogens with one attached hydrogen (secondary N) is 2. The lowest BCUT2D eigenvalue weighted by Crippen LogP contribution is -2.41. The highest BCUT2D eigenvalue weighted by molar-refractivity contribution is 5.97. The van der Waals surface area contributed by atoms with Gasteiger partial charge in [0.05, 0.1) is 0 Å². The van der Waals surface area contributed by atoms with E-state index in [2.05, 4.69) is 10.6 Å². The molecule has 1 aromatic carbocycles. The van der Waals surface area contributed by atoms with Crippen LogP contribution in [0.25, 0.3) is 0 Å². The molecule has 2 rings (SSSR count). The Labute approximate surface area is 122 Å². The summed E-state index contributed by atoms with van der Waals surface area (Å²) in [5, 5.41) is 14.3. The van der Waals surface area contributed by atoms with E-state index < -0.39 is 17.9 Å². The molecule has 0 aliphatic heterocycles. The van der Waals surface area contributed by atoms with Gasteiger partial charge in [-0.3, -0.25) is 9.59 Å². The lowest BCUT2D eigenvalue weighted by molar-refractivity contribution is -0.139. The van der Waals surface area contributed by atoms with Gasteiger partial charge in [-0.1, -0.05) is 12.8 Å². The van der Waals surface area contributed by atoms with Crippen LogP contribution in [0.4, 0.5) is 5.69 Å². The predicted molar refractivity (Wildman–Crippen MR) is 77.0 cm³/mol. The lowest BCUT2D eigenvalue weighted by atomic mass is 10.1. The molecule has 21 heavy (non-hydrogen) atoms. The molecule has 1 saturated carbocycles. The molecular weight excluding hydrogens is 272 g/mol. The van der Waals surface area contributed by atoms with Crippen molar-refractivity contribution in [2.45, 2.75) is 32.2 Å². The summed E-state index contributed by atoms with van der Waals surface area (Å²) in [6, 6.07) is 5.47. The van der Waals surface area contributed by atoms with Crippen LogP contribution in [0.2, 0.25) is 0 Å². The van der Waals surface area contributed by atoms with E-state index in [-0.39, 0.29) is 5.91 Å². The summed E-state index contributed by atoms with van der Waals surface area (Å²) >= 11 is 0. The van der Waals surface area contributed by atoms with Crippen molar-refractivity contribution in [2.24, 2.45) is 5.92 Å². The molecule has 6 nitrogen and oxygen atoms in total. The molecule has 0 radical (unpaired) electrons. The van der Waals surface area contributed by atoms with Gasteiger partial charge < -0.3 is 15.7 Å². The van der Waals surface area contributed by atoms with Crippen LogP contribution >= 0.6 is 0 Å². The fraction of sp³-hybridized carbons (Fsp3) is 0.400. The van der Waals surface area contributed by atoms with Gasteiger partial charge >= 0.3 is 5.97 Å². The number of hydrogen-bond donors (Lipinski definition) is 3. The molecule has 0 saturated heterocycles. The first-order chi connectivity index (χ1) is 9.95. The van der Waals surface area contributed by atoms with Crippen LogP contribution < -0.4 is 10.6 Å². The minimum atomic E-state index is -1.01. The number of carbonyl (C=O) groups excluding carboxylic acids is 2. The van der Waals surface area contributed by atoms with E-state index in [1.54, 1.807) is 24.3 Å². The maximum absolute atomic E-state index is 12.0. The quantitative estimate of drug-likeness (QED) is 0.742. The average molecular weight is 290 g/mol. The standard InChI is InChI=1S/C15H18N2O4/c1-9(18)16-12-6-4-11(5-7-12)14(19)17-13(15(20)21)8-10-2-3-10/h4-7,10,13H,2-3,8H2,1H3,(H,16,18)(H,17,19)(H,20,21)/t13-/m0/s1. The zero-order valence-electron chi connectivity index (χ0n) is 11.8. The van der Waals surface area contributed by atoms with Gasteiger partial charge in [0.2, 0.25) is 5.91 Å². The molecule has 0 aromatic heterocycles. The van der Waals surface area contributed by atoms with Crippen molar-refractivity contribution in [3.8, 4) is 0 Å². The third-order valence-electron chi connectivity index (χ3n) is 3.34. The van der Waals surface area contributed by atoms with E-state index >= 15 is 0 Å². The van der Waals surface area contributed by atoms with E-state index in [1.165, 1.54) is 6.92 Å². The van der Waals surface area contributed by atoms with Gasteiger partial charge in [0.25, 0.3) is 5.91 Å². The normalized spacial score (nSPS) is 15.1. The van der Waals surface area contributed by atoms with Gasteiger partial charge in [-0.2, -0.15) is 0 Å². The van der Waals surface area contributed by atoms with Crippen LogP contribution in [0.3, 0.4) is 0 Å². The van der Waals surface area contributed by atoms with E-state index in [0.717, 1.165) is 12.8 Å². The molecule has 1 aromatic rings. The molecule has 3 N–H and O–H groups in total. The molecular formula is C15H18N2O4. The molecule has 1 aliphatic rings. The largest absolute Gasteiger partial charge is 0.480 e. The van der Waals surface area contributed by atoms with Gasteiger partial charge in [-0.15, -0.1) is 0 Å². The number of amides is 2. The number of hydrogen-bond acceptors (Lipinski definition) is 3. The van der Waals surface area contributed by atoms with Crippen molar-refractivity contribution in [3.05, 3.63) is 29.8 Å². The smallest absolute Gasteiger partial charge is 0.326 e. The highest BCUT2D eigenvalue weighted by Gasteiger charge is 2.30. The Morgan fingerprint density at radius 1 is 1.24 bits per heavy atom. The second-order valence-corrected chi connectivity index (χ2v) is 5.30. The van der Waals surface area contributed by atoms with Gasteiger partial charge in [-0.05, 0) is 36.6 Å².